The number of hydrogen-bond donors (Lipinski definition) is 0. The van der Waals surface area contributed by atoms with Gasteiger partial charge < -0.3 is 14.4 Å². The summed E-state index contributed by atoms with van der Waals surface area (Å²) in [6, 6.07) is 10.5. The van der Waals surface area contributed by atoms with E-state index in [0.717, 1.165) is 6.54 Å². The van der Waals surface area contributed by atoms with Crippen molar-refractivity contribution in [2.75, 3.05) is 33.4 Å². The molecule has 1 unspecified atom stereocenters. The van der Waals surface area contributed by atoms with Gasteiger partial charge in [0.15, 0.2) is 0 Å². The number of carbonyl (C=O) groups is 1. The summed E-state index contributed by atoms with van der Waals surface area (Å²) in [5.74, 6) is 0. The van der Waals surface area contributed by atoms with Gasteiger partial charge >= 0.3 is 6.09 Å². The number of carbonyl (C=O) groups excluding carboxylic acids is 1. The normalized spacial score (nSPS) is 19.5. The van der Waals surface area contributed by atoms with Crippen molar-refractivity contribution in [3.8, 4) is 0 Å². The average Bonchev–Trinajstić information content (AvgIpc) is 2.72. The second-order valence-electron chi connectivity index (χ2n) is 7.06. The molecule has 1 heterocycles. The highest BCUT2D eigenvalue weighted by Crippen LogP contribution is 2.14. The van der Waals surface area contributed by atoms with Crippen LogP contribution in [0.5, 0.6) is 0 Å². The predicted octanol–water partition coefficient (Wildman–Crippen LogP) is 2.75. The molecule has 5 heteroatoms. The first-order chi connectivity index (χ1) is 10.8. The smallest absolute Gasteiger partial charge is 0.410 e. The maximum atomic E-state index is 12.3. The molecule has 1 saturated heterocycles. The van der Waals surface area contributed by atoms with Crippen LogP contribution in [0.2, 0.25) is 0 Å². The maximum Gasteiger partial charge on any atom is 0.410 e. The molecule has 0 spiro atoms. The second kappa shape index (κ2) is 7.79. The zero-order valence-electron chi connectivity index (χ0n) is 14.6. The van der Waals surface area contributed by atoms with Crippen molar-refractivity contribution in [2.24, 2.45) is 0 Å². The van der Waals surface area contributed by atoms with Crippen molar-refractivity contribution >= 4 is 6.09 Å². The molecule has 1 aliphatic heterocycles. The monoisotopic (exact) mass is 320 g/mol. The zero-order valence-corrected chi connectivity index (χ0v) is 14.6. The number of ether oxygens (including phenoxy) is 2. The minimum absolute atomic E-state index is 0.158. The minimum Gasteiger partial charge on any atom is -0.444 e. The summed E-state index contributed by atoms with van der Waals surface area (Å²) in [5, 5.41) is 0. The maximum absolute atomic E-state index is 12.3. The fourth-order valence-electron chi connectivity index (χ4n) is 2.55. The first kappa shape index (κ1) is 17.8. The average molecular weight is 320 g/mol. The van der Waals surface area contributed by atoms with E-state index in [1.54, 1.807) is 4.90 Å². The Bertz CT molecular complexity index is 499. The van der Waals surface area contributed by atoms with Gasteiger partial charge in [0, 0.05) is 19.6 Å². The lowest BCUT2D eigenvalue weighted by atomic mass is 10.2. The summed E-state index contributed by atoms with van der Waals surface area (Å²) in [4.78, 5) is 16.3. The minimum atomic E-state index is -0.477. The fraction of sp³-hybridized carbons (Fsp3) is 0.611. The van der Waals surface area contributed by atoms with E-state index >= 15 is 0 Å². The molecular formula is C18H28N2O3. The lowest BCUT2D eigenvalue weighted by Gasteiger charge is -2.31. The van der Waals surface area contributed by atoms with E-state index in [1.165, 1.54) is 5.56 Å². The highest BCUT2D eigenvalue weighted by molar-refractivity contribution is 5.68. The van der Waals surface area contributed by atoms with Crippen LogP contribution in [-0.4, -0.2) is 60.9 Å². The van der Waals surface area contributed by atoms with Crippen molar-refractivity contribution in [3.63, 3.8) is 0 Å². The molecule has 23 heavy (non-hydrogen) atoms. The van der Waals surface area contributed by atoms with Gasteiger partial charge in [-0.1, -0.05) is 30.3 Å². The van der Waals surface area contributed by atoms with Crippen molar-refractivity contribution in [1.82, 2.24) is 9.80 Å². The van der Waals surface area contributed by atoms with Gasteiger partial charge in [-0.25, -0.2) is 4.79 Å². The molecule has 1 atom stereocenters. The zero-order chi connectivity index (χ0) is 16.9. The van der Waals surface area contributed by atoms with Gasteiger partial charge in [-0.2, -0.15) is 0 Å². The quantitative estimate of drug-likeness (QED) is 0.859. The third-order valence-corrected chi connectivity index (χ3v) is 3.80. The molecular weight excluding hydrogens is 292 g/mol. The van der Waals surface area contributed by atoms with Crippen LogP contribution in [0.15, 0.2) is 30.3 Å². The standard InChI is InChI=1S/C18H28N2O3/c1-18(2,3)23-17(21)20-10-11-22-14-16(13-20)19(4)12-15-8-6-5-7-9-15/h5-9,16H,10-14H2,1-4H3. The van der Waals surface area contributed by atoms with Crippen LogP contribution in [-0.2, 0) is 16.0 Å². The molecule has 1 amide bonds. The number of nitrogens with zero attached hydrogens (tertiary/aromatic N) is 2. The highest BCUT2D eigenvalue weighted by atomic mass is 16.6. The highest BCUT2D eigenvalue weighted by Gasteiger charge is 2.28. The predicted molar refractivity (Wildman–Crippen MR) is 90.3 cm³/mol. The van der Waals surface area contributed by atoms with Gasteiger partial charge in [0.05, 0.1) is 19.3 Å². The Labute approximate surface area is 139 Å². The molecule has 1 fully saturated rings. The van der Waals surface area contributed by atoms with Crippen LogP contribution in [0.25, 0.3) is 0 Å². The van der Waals surface area contributed by atoms with E-state index in [9.17, 15) is 4.79 Å². The van der Waals surface area contributed by atoms with Gasteiger partial charge in [0.1, 0.15) is 5.60 Å². The summed E-state index contributed by atoms with van der Waals surface area (Å²) in [6.45, 7) is 8.87. The van der Waals surface area contributed by atoms with E-state index in [-0.39, 0.29) is 12.1 Å². The van der Waals surface area contributed by atoms with Crippen LogP contribution in [0.3, 0.4) is 0 Å². The first-order valence-corrected chi connectivity index (χ1v) is 8.15. The summed E-state index contributed by atoms with van der Waals surface area (Å²) < 4.78 is 11.2. The SMILES string of the molecule is CN(Cc1ccccc1)C1COCCN(C(=O)OC(C)(C)C)C1. The lowest BCUT2D eigenvalue weighted by molar-refractivity contribution is 0.0220. The molecule has 1 aromatic rings. The molecule has 0 aromatic heterocycles. The van der Waals surface area contributed by atoms with Gasteiger partial charge in [-0.15, -0.1) is 0 Å². The third-order valence-electron chi connectivity index (χ3n) is 3.80. The van der Waals surface area contributed by atoms with Crippen LogP contribution < -0.4 is 0 Å². The summed E-state index contributed by atoms with van der Waals surface area (Å²) in [6.07, 6.45) is -0.263. The fourth-order valence-corrected chi connectivity index (χ4v) is 2.55. The first-order valence-electron chi connectivity index (χ1n) is 8.15. The molecule has 1 aliphatic rings. The molecule has 128 valence electrons. The van der Waals surface area contributed by atoms with Crippen molar-refractivity contribution in [3.05, 3.63) is 35.9 Å². The number of hydrogen-bond acceptors (Lipinski definition) is 4. The number of benzene rings is 1. The largest absolute Gasteiger partial charge is 0.444 e. The van der Waals surface area contributed by atoms with Crippen LogP contribution in [0.4, 0.5) is 4.79 Å². The Morgan fingerprint density at radius 2 is 2.04 bits per heavy atom. The molecule has 0 radical (unpaired) electrons. The molecule has 0 bridgehead atoms. The van der Waals surface area contributed by atoms with Crippen LogP contribution in [0.1, 0.15) is 26.3 Å². The van der Waals surface area contributed by atoms with Crippen molar-refractivity contribution in [2.45, 2.75) is 39.0 Å². The van der Waals surface area contributed by atoms with Gasteiger partial charge in [-0.3, -0.25) is 4.90 Å². The number of rotatable bonds is 3. The van der Waals surface area contributed by atoms with E-state index in [4.69, 9.17) is 9.47 Å². The van der Waals surface area contributed by atoms with Crippen molar-refractivity contribution in [1.29, 1.82) is 0 Å². The molecule has 0 saturated carbocycles. The number of likely N-dealkylation sites (N-methyl/N-ethyl adjacent to an activating group) is 1. The Balaban J connectivity index is 1.97. The third kappa shape index (κ3) is 5.84. The molecule has 5 nitrogen and oxygen atoms in total. The van der Waals surface area contributed by atoms with Gasteiger partial charge in [0.25, 0.3) is 0 Å². The van der Waals surface area contributed by atoms with Crippen LogP contribution in [0, 0.1) is 0 Å². The topological polar surface area (TPSA) is 42.0 Å². The van der Waals surface area contributed by atoms with E-state index in [0.29, 0.717) is 26.3 Å². The summed E-state index contributed by atoms with van der Waals surface area (Å²) in [5.41, 5.74) is 0.776. The number of amides is 1. The van der Waals surface area contributed by atoms with Crippen LogP contribution >= 0.6 is 0 Å². The second-order valence-corrected chi connectivity index (χ2v) is 7.06. The molecule has 1 aromatic carbocycles. The molecule has 0 N–H and O–H groups in total. The molecule has 2 rings (SSSR count). The Kier molecular flexibility index (Phi) is 6.02. The Hall–Kier alpha value is -1.59. The Morgan fingerprint density at radius 1 is 1.35 bits per heavy atom. The van der Waals surface area contributed by atoms with Gasteiger partial charge in [-0.05, 0) is 33.4 Å². The van der Waals surface area contributed by atoms with Gasteiger partial charge in [0.2, 0.25) is 0 Å². The lowest BCUT2D eigenvalue weighted by Crippen LogP contribution is -2.46. The van der Waals surface area contributed by atoms with E-state index < -0.39 is 5.60 Å². The van der Waals surface area contributed by atoms with E-state index in [1.807, 2.05) is 39.0 Å². The summed E-state index contributed by atoms with van der Waals surface area (Å²) >= 11 is 0. The Morgan fingerprint density at radius 3 is 2.70 bits per heavy atom. The molecule has 0 aliphatic carbocycles. The van der Waals surface area contributed by atoms with Crippen molar-refractivity contribution < 1.29 is 14.3 Å². The summed E-state index contributed by atoms with van der Waals surface area (Å²) in [7, 11) is 2.07. The van der Waals surface area contributed by atoms with E-state index in [2.05, 4.69) is 24.1 Å².